The number of carbonyl (C=O) groups excluding carboxylic acids is 1. The average molecular weight is 438 g/mol. The van der Waals surface area contributed by atoms with Gasteiger partial charge in [-0.1, -0.05) is 24.3 Å². The number of hydrogen-bond donors (Lipinski definition) is 1. The molecule has 4 rings (SSSR count). The van der Waals surface area contributed by atoms with Crippen LogP contribution < -0.4 is 10.2 Å². The van der Waals surface area contributed by atoms with Gasteiger partial charge in [-0.2, -0.15) is 0 Å². The van der Waals surface area contributed by atoms with Crippen LogP contribution in [0.2, 0.25) is 0 Å². The highest BCUT2D eigenvalue weighted by Crippen LogP contribution is 2.34. The van der Waals surface area contributed by atoms with Crippen LogP contribution >= 0.6 is 0 Å². The molecule has 6 heteroatoms. The van der Waals surface area contributed by atoms with Gasteiger partial charge in [-0.25, -0.2) is 8.78 Å². The topological polar surface area (TPSA) is 35.6 Å². The molecule has 1 saturated heterocycles. The minimum Gasteiger partial charge on any atom is -0.368 e. The minimum atomic E-state index is -0.959. The van der Waals surface area contributed by atoms with Crippen LogP contribution in [0.1, 0.15) is 25.0 Å². The van der Waals surface area contributed by atoms with Crippen LogP contribution in [-0.2, 0) is 10.2 Å². The maximum Gasteiger partial charge on any atom is 0.234 e. The Labute approximate surface area is 187 Å². The molecule has 3 aromatic carbocycles. The molecule has 0 bridgehead atoms. The highest BCUT2D eigenvalue weighted by molar-refractivity contribution is 6.02. The minimum absolute atomic E-state index is 0.204. The van der Waals surface area contributed by atoms with Crippen molar-refractivity contribution in [3.05, 3.63) is 71.3 Å². The molecule has 1 aliphatic heterocycles. The van der Waals surface area contributed by atoms with Crippen LogP contribution in [0.3, 0.4) is 0 Å². The zero-order valence-electron chi connectivity index (χ0n) is 19.2. The molecule has 0 aliphatic carbocycles. The molecule has 168 valence electrons. The van der Waals surface area contributed by atoms with Gasteiger partial charge in [0.15, 0.2) is 11.6 Å². The summed E-state index contributed by atoms with van der Waals surface area (Å²) < 4.78 is 27.7. The van der Waals surface area contributed by atoms with Crippen LogP contribution in [0.15, 0.2) is 48.5 Å². The molecule has 32 heavy (non-hydrogen) atoms. The van der Waals surface area contributed by atoms with Crippen molar-refractivity contribution in [2.45, 2.75) is 32.2 Å². The summed E-state index contributed by atoms with van der Waals surface area (Å²) in [6.07, 6.45) is 0. The van der Waals surface area contributed by atoms with E-state index in [2.05, 4.69) is 35.3 Å². The molecule has 1 aliphatic rings. The maximum atomic E-state index is 14.0. The Kier molecular flexibility index (Phi) is 5.67. The molecule has 0 unspecified atom stereocenters. The molecule has 1 fully saturated rings. The van der Waals surface area contributed by atoms with E-state index in [1.54, 1.807) is 32.0 Å². The first kappa shape index (κ1) is 22.2. The number of nitrogens with zero attached hydrogens (tertiary/aromatic N) is 2. The van der Waals surface area contributed by atoms with Gasteiger partial charge in [0.05, 0.1) is 5.41 Å². The largest absolute Gasteiger partial charge is 0.368 e. The number of nitrogens with one attached hydrogen (secondary N) is 1. The fourth-order valence-corrected chi connectivity index (χ4v) is 4.15. The summed E-state index contributed by atoms with van der Waals surface area (Å²) in [7, 11) is 4.16. The van der Waals surface area contributed by atoms with Gasteiger partial charge in [0, 0.05) is 30.5 Å². The monoisotopic (exact) mass is 437 g/mol. The van der Waals surface area contributed by atoms with Crippen molar-refractivity contribution in [3.63, 3.8) is 0 Å². The highest BCUT2D eigenvalue weighted by atomic mass is 19.2. The quantitative estimate of drug-likeness (QED) is 0.604. The second-order valence-corrected chi connectivity index (χ2v) is 9.39. The van der Waals surface area contributed by atoms with Crippen LogP contribution in [0.5, 0.6) is 0 Å². The highest BCUT2D eigenvalue weighted by Gasteiger charge is 2.33. The molecule has 0 aromatic heterocycles. The van der Waals surface area contributed by atoms with Gasteiger partial charge in [0.2, 0.25) is 5.91 Å². The normalized spacial score (nSPS) is 14.7. The number of hydrogen-bond acceptors (Lipinski definition) is 3. The lowest BCUT2D eigenvalue weighted by molar-refractivity contribution is -0.120. The number of rotatable bonds is 5. The van der Waals surface area contributed by atoms with E-state index >= 15 is 0 Å². The van der Waals surface area contributed by atoms with Gasteiger partial charge in [-0.3, -0.25) is 4.79 Å². The molecule has 4 nitrogen and oxygen atoms in total. The van der Waals surface area contributed by atoms with Crippen LogP contribution in [-0.4, -0.2) is 44.0 Å². The lowest BCUT2D eigenvalue weighted by atomic mass is 9.80. The third-order valence-electron chi connectivity index (χ3n) is 6.59. The lowest BCUT2D eigenvalue weighted by Crippen LogP contribution is -2.57. The fourth-order valence-electron chi connectivity index (χ4n) is 4.15. The molecule has 1 heterocycles. The van der Waals surface area contributed by atoms with E-state index in [0.717, 1.165) is 30.0 Å². The number of benzene rings is 3. The maximum absolute atomic E-state index is 14.0. The van der Waals surface area contributed by atoms with Crippen molar-refractivity contribution in [2.24, 2.45) is 0 Å². The molecule has 0 radical (unpaired) electrons. The third kappa shape index (κ3) is 3.95. The van der Waals surface area contributed by atoms with Gasteiger partial charge >= 0.3 is 0 Å². The third-order valence-corrected chi connectivity index (χ3v) is 6.59. The molecule has 0 spiro atoms. The predicted octanol–water partition coefficient (Wildman–Crippen LogP) is 5.09. The second-order valence-electron chi connectivity index (χ2n) is 9.39. The number of aryl methyl sites for hydroxylation is 1. The van der Waals surface area contributed by atoms with Gasteiger partial charge < -0.3 is 15.1 Å². The molecule has 0 saturated carbocycles. The Bertz CT molecular complexity index is 1180. The van der Waals surface area contributed by atoms with Crippen molar-refractivity contribution in [3.8, 4) is 0 Å². The van der Waals surface area contributed by atoms with E-state index in [0.29, 0.717) is 22.4 Å². The first-order chi connectivity index (χ1) is 15.1. The van der Waals surface area contributed by atoms with Crippen LogP contribution in [0.25, 0.3) is 10.8 Å². The predicted molar refractivity (Wildman–Crippen MR) is 126 cm³/mol. The Morgan fingerprint density at radius 2 is 1.75 bits per heavy atom. The molecule has 1 amide bonds. The molecule has 3 aromatic rings. The Balaban J connectivity index is 1.61. The Morgan fingerprint density at radius 1 is 1.06 bits per heavy atom. The standard InChI is InChI=1S/C26H29F2N3O/c1-16-9-10-18(31-14-19(15-31)30(4)5)12-24(16)29-25(32)26(2,3)21-8-6-7-17-11-22(27)23(28)13-20(17)21/h6-13,19H,14-15H2,1-5H3,(H,29,32). The van der Waals surface area contributed by atoms with Crippen LogP contribution in [0.4, 0.5) is 20.2 Å². The summed E-state index contributed by atoms with van der Waals surface area (Å²) in [6.45, 7) is 7.46. The van der Waals surface area contributed by atoms with E-state index in [1.807, 2.05) is 19.1 Å². The van der Waals surface area contributed by atoms with Crippen molar-refractivity contribution >= 4 is 28.1 Å². The Morgan fingerprint density at radius 3 is 2.44 bits per heavy atom. The summed E-state index contributed by atoms with van der Waals surface area (Å²) in [6, 6.07) is 14.2. The van der Waals surface area contributed by atoms with E-state index < -0.39 is 17.0 Å². The number of amides is 1. The molecule has 1 N–H and O–H groups in total. The van der Waals surface area contributed by atoms with E-state index in [4.69, 9.17) is 0 Å². The van der Waals surface area contributed by atoms with Crippen molar-refractivity contribution in [1.82, 2.24) is 4.90 Å². The zero-order chi connectivity index (χ0) is 23.2. The summed E-state index contributed by atoms with van der Waals surface area (Å²) >= 11 is 0. The van der Waals surface area contributed by atoms with E-state index in [9.17, 15) is 13.6 Å². The SMILES string of the molecule is Cc1ccc(N2CC(N(C)C)C2)cc1NC(=O)C(C)(C)c1cccc2cc(F)c(F)cc12. The average Bonchev–Trinajstić information content (AvgIpc) is 2.69. The van der Waals surface area contributed by atoms with Gasteiger partial charge in [0.1, 0.15) is 0 Å². The summed E-state index contributed by atoms with van der Waals surface area (Å²) in [4.78, 5) is 17.9. The second kappa shape index (κ2) is 8.17. The number of halogens is 2. The summed E-state index contributed by atoms with van der Waals surface area (Å²) in [5.41, 5.74) is 2.49. The van der Waals surface area contributed by atoms with E-state index in [-0.39, 0.29) is 5.91 Å². The Hall–Kier alpha value is -2.99. The summed E-state index contributed by atoms with van der Waals surface area (Å²) in [5.74, 6) is -2.02. The fraction of sp³-hybridized carbons (Fsp3) is 0.346. The van der Waals surface area contributed by atoms with Gasteiger partial charge in [-0.05, 0) is 81.0 Å². The lowest BCUT2D eigenvalue weighted by Gasteiger charge is -2.44. The number of anilines is 2. The van der Waals surface area contributed by atoms with Crippen LogP contribution in [0, 0.1) is 18.6 Å². The number of carbonyl (C=O) groups is 1. The first-order valence-corrected chi connectivity index (χ1v) is 10.8. The number of likely N-dealkylation sites (N-methyl/N-ethyl adjacent to an activating group) is 1. The van der Waals surface area contributed by atoms with Crippen molar-refractivity contribution < 1.29 is 13.6 Å². The van der Waals surface area contributed by atoms with Crippen molar-refractivity contribution in [1.29, 1.82) is 0 Å². The summed E-state index contributed by atoms with van der Waals surface area (Å²) in [5, 5.41) is 4.17. The smallest absolute Gasteiger partial charge is 0.234 e. The molecular weight excluding hydrogens is 408 g/mol. The van der Waals surface area contributed by atoms with Crippen molar-refractivity contribution in [2.75, 3.05) is 37.4 Å². The van der Waals surface area contributed by atoms with Gasteiger partial charge in [0.25, 0.3) is 0 Å². The molecular formula is C26H29F2N3O. The zero-order valence-corrected chi connectivity index (χ0v) is 19.2. The van der Waals surface area contributed by atoms with Gasteiger partial charge in [-0.15, -0.1) is 0 Å². The van der Waals surface area contributed by atoms with E-state index in [1.165, 1.54) is 12.1 Å². The molecule has 0 atom stereocenters. The first-order valence-electron chi connectivity index (χ1n) is 10.8. The number of fused-ring (bicyclic) bond motifs is 1.